The third-order valence-corrected chi connectivity index (χ3v) is 6.57. The predicted octanol–water partition coefficient (Wildman–Crippen LogP) is 4.66. The van der Waals surface area contributed by atoms with E-state index in [1.165, 1.54) is 4.57 Å². The van der Waals surface area contributed by atoms with Crippen molar-refractivity contribution in [2.75, 3.05) is 5.32 Å². The molecule has 0 bridgehead atoms. The van der Waals surface area contributed by atoms with Crippen LogP contribution in [-0.2, 0) is 4.79 Å². The van der Waals surface area contributed by atoms with Gasteiger partial charge in [0.1, 0.15) is 10.7 Å². The minimum absolute atomic E-state index is 0.172. The van der Waals surface area contributed by atoms with Gasteiger partial charge in [-0.1, -0.05) is 59.6 Å². The number of carbonyl (C=O) groups is 1. The molecule has 4 rings (SSSR count). The van der Waals surface area contributed by atoms with Gasteiger partial charge in [-0.3, -0.25) is 14.2 Å². The van der Waals surface area contributed by atoms with E-state index in [0.29, 0.717) is 31.5 Å². The summed E-state index contributed by atoms with van der Waals surface area (Å²) in [6.07, 6.45) is 1.63. The summed E-state index contributed by atoms with van der Waals surface area (Å²) in [5, 5.41) is 13.5. The number of thiazole rings is 1. The number of amides is 1. The SMILES string of the molecule is Cc1cccc(NC(=O)/C(C#N)=c2\s/c(=C/c3ccc(Cl)cc3Cl)c(=O)n2-c2ccccc2)c1. The van der Waals surface area contributed by atoms with E-state index in [9.17, 15) is 14.9 Å². The first-order chi connectivity index (χ1) is 16.4. The van der Waals surface area contributed by atoms with Crippen LogP contribution in [0.25, 0.3) is 17.3 Å². The van der Waals surface area contributed by atoms with E-state index < -0.39 is 5.91 Å². The van der Waals surface area contributed by atoms with E-state index in [0.717, 1.165) is 16.9 Å². The molecule has 0 saturated heterocycles. The van der Waals surface area contributed by atoms with Gasteiger partial charge in [0.2, 0.25) is 0 Å². The molecular weight excluding hydrogens is 489 g/mol. The van der Waals surface area contributed by atoms with Crippen LogP contribution in [0.3, 0.4) is 0 Å². The minimum Gasteiger partial charge on any atom is -0.321 e. The predicted molar refractivity (Wildman–Crippen MR) is 138 cm³/mol. The standard InChI is InChI=1S/C26H17Cl2N3O2S/c1-16-6-5-7-19(12-16)30-24(32)21(15-29)26-31(20-8-3-2-4-9-20)25(33)23(34-26)13-17-10-11-18(27)14-22(17)28/h2-14H,1H3,(H,30,32)/b23-13+,26-21-. The Labute approximate surface area is 209 Å². The van der Waals surface area contributed by atoms with Crippen molar-refractivity contribution < 1.29 is 4.79 Å². The third-order valence-electron chi connectivity index (χ3n) is 4.92. The molecule has 0 aliphatic carbocycles. The number of carbonyl (C=O) groups excluding carboxylic acids is 1. The number of nitrogens with one attached hydrogen (secondary N) is 1. The first-order valence-electron chi connectivity index (χ1n) is 10.1. The second-order valence-electron chi connectivity index (χ2n) is 7.37. The van der Waals surface area contributed by atoms with Crippen molar-refractivity contribution >= 4 is 57.8 Å². The topological polar surface area (TPSA) is 74.9 Å². The molecule has 0 atom stereocenters. The van der Waals surface area contributed by atoms with Gasteiger partial charge in [-0.15, -0.1) is 11.3 Å². The van der Waals surface area contributed by atoms with Crippen LogP contribution in [0.4, 0.5) is 5.69 Å². The average molecular weight is 506 g/mol. The number of halogens is 2. The second kappa shape index (κ2) is 10.1. The molecule has 4 aromatic rings. The maximum absolute atomic E-state index is 13.4. The summed E-state index contributed by atoms with van der Waals surface area (Å²) in [6, 6.07) is 23.1. The normalized spacial score (nSPS) is 12.2. The number of hydrogen-bond donors (Lipinski definition) is 1. The third kappa shape index (κ3) is 4.97. The first kappa shape index (κ1) is 23.5. The van der Waals surface area contributed by atoms with Gasteiger partial charge in [-0.25, -0.2) is 0 Å². The molecule has 1 aromatic heterocycles. The van der Waals surface area contributed by atoms with Crippen LogP contribution in [0, 0.1) is 18.3 Å². The number of aromatic nitrogens is 1. The highest BCUT2D eigenvalue weighted by molar-refractivity contribution is 7.07. The lowest BCUT2D eigenvalue weighted by molar-refractivity contribution is -0.111. The lowest BCUT2D eigenvalue weighted by Gasteiger charge is -2.06. The van der Waals surface area contributed by atoms with E-state index in [-0.39, 0.29) is 15.8 Å². The van der Waals surface area contributed by atoms with E-state index >= 15 is 0 Å². The van der Waals surface area contributed by atoms with Crippen molar-refractivity contribution in [3.63, 3.8) is 0 Å². The number of nitrogens with zero attached hydrogens (tertiary/aromatic N) is 2. The van der Waals surface area contributed by atoms with Crippen molar-refractivity contribution in [3.8, 4) is 11.8 Å². The molecule has 1 amide bonds. The first-order valence-corrected chi connectivity index (χ1v) is 11.7. The molecule has 0 aliphatic heterocycles. The van der Waals surface area contributed by atoms with Gasteiger partial charge in [0.25, 0.3) is 11.5 Å². The van der Waals surface area contributed by atoms with Gasteiger partial charge in [0, 0.05) is 15.7 Å². The monoisotopic (exact) mass is 505 g/mol. The lowest BCUT2D eigenvalue weighted by atomic mass is 10.2. The summed E-state index contributed by atoms with van der Waals surface area (Å²) in [5.74, 6) is -0.602. The highest BCUT2D eigenvalue weighted by Gasteiger charge is 2.17. The minimum atomic E-state index is -0.602. The zero-order valence-corrected chi connectivity index (χ0v) is 20.2. The molecule has 0 spiro atoms. The van der Waals surface area contributed by atoms with Crippen LogP contribution in [-0.4, -0.2) is 10.5 Å². The Morgan fingerprint density at radius 3 is 2.50 bits per heavy atom. The Hall–Kier alpha value is -3.63. The summed E-state index contributed by atoms with van der Waals surface area (Å²) in [4.78, 5) is 26.5. The molecule has 168 valence electrons. The number of hydrogen-bond acceptors (Lipinski definition) is 4. The van der Waals surface area contributed by atoms with E-state index in [1.54, 1.807) is 60.7 Å². The Morgan fingerprint density at radius 1 is 1.06 bits per heavy atom. The largest absolute Gasteiger partial charge is 0.321 e. The van der Waals surface area contributed by atoms with Crippen molar-refractivity contribution in [2.45, 2.75) is 6.92 Å². The smallest absolute Gasteiger partial charge is 0.273 e. The Bertz CT molecular complexity index is 1620. The molecule has 1 N–H and O–H groups in total. The quantitative estimate of drug-likeness (QED) is 0.438. The summed E-state index contributed by atoms with van der Waals surface area (Å²) < 4.78 is 1.91. The highest BCUT2D eigenvalue weighted by Crippen LogP contribution is 2.21. The number of benzene rings is 3. The van der Waals surface area contributed by atoms with Gasteiger partial charge in [-0.2, -0.15) is 5.26 Å². The molecule has 0 unspecified atom stereocenters. The number of aryl methyl sites for hydroxylation is 1. The zero-order chi connectivity index (χ0) is 24.2. The van der Waals surface area contributed by atoms with Crippen LogP contribution in [0.5, 0.6) is 0 Å². The van der Waals surface area contributed by atoms with Gasteiger partial charge in [-0.05, 0) is 60.5 Å². The number of anilines is 1. The van der Waals surface area contributed by atoms with E-state index in [2.05, 4.69) is 5.32 Å². The molecule has 5 nitrogen and oxygen atoms in total. The molecule has 0 saturated carbocycles. The van der Waals surface area contributed by atoms with Crippen LogP contribution < -0.4 is 20.1 Å². The van der Waals surface area contributed by atoms with E-state index in [4.69, 9.17) is 23.2 Å². The van der Waals surface area contributed by atoms with Crippen LogP contribution >= 0.6 is 34.5 Å². The summed E-state index contributed by atoms with van der Waals surface area (Å²) in [6.45, 7) is 1.90. The van der Waals surface area contributed by atoms with Gasteiger partial charge >= 0.3 is 0 Å². The van der Waals surface area contributed by atoms with Crippen LogP contribution in [0.1, 0.15) is 11.1 Å². The average Bonchev–Trinajstić information content (AvgIpc) is 3.12. The van der Waals surface area contributed by atoms with Crippen molar-refractivity contribution in [1.29, 1.82) is 5.26 Å². The van der Waals surface area contributed by atoms with Crippen molar-refractivity contribution in [1.82, 2.24) is 4.57 Å². The maximum Gasteiger partial charge on any atom is 0.273 e. The van der Waals surface area contributed by atoms with Crippen LogP contribution in [0.2, 0.25) is 10.0 Å². The number of rotatable bonds is 4. The fourth-order valence-electron chi connectivity index (χ4n) is 3.33. The Morgan fingerprint density at radius 2 is 1.82 bits per heavy atom. The zero-order valence-electron chi connectivity index (χ0n) is 17.9. The number of para-hydroxylation sites is 1. The fraction of sp³-hybridized carbons (Fsp3) is 0.0385. The van der Waals surface area contributed by atoms with Gasteiger partial charge in [0.05, 0.1) is 10.2 Å². The highest BCUT2D eigenvalue weighted by atomic mass is 35.5. The van der Waals surface area contributed by atoms with E-state index in [1.807, 2.05) is 31.2 Å². The number of nitriles is 1. The molecule has 8 heteroatoms. The summed E-state index contributed by atoms with van der Waals surface area (Å²) in [7, 11) is 0. The van der Waals surface area contributed by atoms with Crippen molar-refractivity contribution in [2.24, 2.45) is 0 Å². The second-order valence-corrected chi connectivity index (χ2v) is 9.24. The molecule has 34 heavy (non-hydrogen) atoms. The Kier molecular flexibility index (Phi) is 6.99. The van der Waals surface area contributed by atoms with Gasteiger partial charge < -0.3 is 5.32 Å². The molecule has 0 fully saturated rings. The summed E-state index contributed by atoms with van der Waals surface area (Å²) >= 11 is 13.3. The maximum atomic E-state index is 13.4. The fourth-order valence-corrected chi connectivity index (χ4v) is 4.89. The van der Waals surface area contributed by atoms with Crippen molar-refractivity contribution in [3.05, 3.63) is 114 Å². The lowest BCUT2D eigenvalue weighted by Crippen LogP contribution is -2.32. The molecule has 3 aromatic carbocycles. The van der Waals surface area contributed by atoms with Gasteiger partial charge in [0.15, 0.2) is 5.57 Å². The molecule has 0 aliphatic rings. The Balaban J connectivity index is 1.96. The summed E-state index contributed by atoms with van der Waals surface area (Å²) in [5.41, 5.74) is 2.12. The molecule has 0 radical (unpaired) electrons. The molecule has 1 heterocycles. The van der Waals surface area contributed by atoms with Crippen LogP contribution in [0.15, 0.2) is 77.6 Å². The molecular formula is C26H17Cl2N3O2S.